The lowest BCUT2D eigenvalue weighted by molar-refractivity contribution is -0.128. The van der Waals surface area contributed by atoms with Crippen molar-refractivity contribution in [3.05, 3.63) is 75.9 Å². The molecule has 3 fully saturated rings. The first-order chi connectivity index (χ1) is 22.9. The van der Waals surface area contributed by atoms with Crippen LogP contribution in [0.4, 0.5) is 15.9 Å². The lowest BCUT2D eigenvalue weighted by Crippen LogP contribution is -2.60. The maximum Gasteiger partial charge on any atom is 0.349 e. The number of anilines is 2. The molecule has 0 N–H and O–H groups in total. The molecule has 4 aliphatic rings. The molecule has 47 heavy (non-hydrogen) atoms. The number of likely N-dealkylation sites (tertiary alicyclic amines) is 1. The van der Waals surface area contributed by atoms with E-state index in [1.807, 2.05) is 4.57 Å². The van der Waals surface area contributed by atoms with Gasteiger partial charge in [-0.1, -0.05) is 30.3 Å². The van der Waals surface area contributed by atoms with Crippen molar-refractivity contribution < 1.29 is 9.18 Å². The van der Waals surface area contributed by atoms with Crippen LogP contribution in [0.5, 0.6) is 0 Å². The minimum atomic E-state index is -0.714. The van der Waals surface area contributed by atoms with E-state index in [1.54, 1.807) is 4.90 Å². The summed E-state index contributed by atoms with van der Waals surface area (Å²) in [5, 5.41) is 12.1. The number of nitriles is 1. The van der Waals surface area contributed by atoms with Crippen LogP contribution in [0.25, 0.3) is 10.8 Å². The van der Waals surface area contributed by atoms with Crippen molar-refractivity contribution in [3.8, 4) is 6.07 Å². The molecule has 246 valence electrons. The number of hydrogen-bond acceptors (Lipinski definition) is 7. The number of fused-ring (bicyclic) bond motifs is 3. The van der Waals surface area contributed by atoms with Gasteiger partial charge in [-0.3, -0.25) is 9.36 Å². The molecule has 1 amide bonds. The number of halogens is 1. The SMILES string of the molecule is Cc1cccc2cccc(N3CCc4c(N5CCN(C(=O)/C=C/CF)[C@@H](CC#N)C5)nc(=O)n(C[C@@H]5CCCN5C)c4C34CCC4)c12. The zero-order chi connectivity index (χ0) is 32.7. The van der Waals surface area contributed by atoms with Crippen LogP contribution >= 0.6 is 0 Å². The number of allylic oxidation sites excluding steroid dienone is 1. The van der Waals surface area contributed by atoms with Crippen LogP contribution in [0.3, 0.4) is 0 Å². The topological polar surface area (TPSA) is 88.7 Å². The molecule has 1 saturated carbocycles. The van der Waals surface area contributed by atoms with Crippen LogP contribution in [0, 0.1) is 18.3 Å². The van der Waals surface area contributed by atoms with Gasteiger partial charge in [-0.25, -0.2) is 9.18 Å². The predicted octanol–water partition coefficient (Wildman–Crippen LogP) is 4.70. The van der Waals surface area contributed by atoms with E-state index in [-0.39, 0.29) is 35.6 Å². The fourth-order valence-electron chi connectivity index (χ4n) is 8.72. The number of carbonyl (C=O) groups excluding carboxylic acids is 1. The Morgan fingerprint density at radius 3 is 2.62 bits per heavy atom. The van der Waals surface area contributed by atoms with E-state index < -0.39 is 6.67 Å². The van der Waals surface area contributed by atoms with Gasteiger partial charge in [0.25, 0.3) is 0 Å². The number of rotatable bonds is 7. The fourth-order valence-corrected chi connectivity index (χ4v) is 8.72. The minimum absolute atomic E-state index is 0.150. The predicted molar refractivity (Wildman–Crippen MR) is 182 cm³/mol. The first-order valence-corrected chi connectivity index (χ1v) is 17.1. The molecule has 0 bridgehead atoms. The molecule has 4 heterocycles. The average molecular weight is 638 g/mol. The van der Waals surface area contributed by atoms with Crippen molar-refractivity contribution in [2.45, 2.75) is 76.0 Å². The van der Waals surface area contributed by atoms with Gasteiger partial charge in [-0.15, -0.1) is 0 Å². The van der Waals surface area contributed by atoms with Crippen molar-refractivity contribution in [2.24, 2.45) is 0 Å². The molecule has 3 aromatic rings. The zero-order valence-corrected chi connectivity index (χ0v) is 27.5. The molecular formula is C37H44FN7O2. The third-order valence-corrected chi connectivity index (χ3v) is 11.2. The second-order valence-electron chi connectivity index (χ2n) is 13.7. The number of alkyl halides is 1. The maximum atomic E-state index is 14.3. The van der Waals surface area contributed by atoms with Gasteiger partial charge in [0.2, 0.25) is 5.91 Å². The Balaban J connectivity index is 1.35. The molecule has 1 aromatic heterocycles. The number of aryl methyl sites for hydroxylation is 1. The second kappa shape index (κ2) is 12.8. The van der Waals surface area contributed by atoms with Crippen LogP contribution < -0.4 is 15.5 Å². The van der Waals surface area contributed by atoms with Gasteiger partial charge >= 0.3 is 5.69 Å². The van der Waals surface area contributed by atoms with Crippen LogP contribution in [0.1, 0.15) is 55.3 Å². The number of piperazine rings is 1. The number of amides is 1. The van der Waals surface area contributed by atoms with E-state index in [0.717, 1.165) is 62.9 Å². The molecular weight excluding hydrogens is 593 g/mol. The quantitative estimate of drug-likeness (QED) is 0.347. The summed E-state index contributed by atoms with van der Waals surface area (Å²) < 4.78 is 14.8. The Morgan fingerprint density at radius 1 is 1.11 bits per heavy atom. The van der Waals surface area contributed by atoms with Gasteiger partial charge in [-0.05, 0) is 82.1 Å². The molecule has 2 aromatic carbocycles. The van der Waals surface area contributed by atoms with Crippen molar-refractivity contribution in [3.63, 3.8) is 0 Å². The number of aromatic nitrogens is 2. The molecule has 10 heteroatoms. The van der Waals surface area contributed by atoms with E-state index in [4.69, 9.17) is 4.98 Å². The molecule has 2 saturated heterocycles. The van der Waals surface area contributed by atoms with E-state index in [1.165, 1.54) is 34.2 Å². The third kappa shape index (κ3) is 5.38. The van der Waals surface area contributed by atoms with E-state index in [9.17, 15) is 19.2 Å². The van der Waals surface area contributed by atoms with E-state index in [2.05, 4.69) is 71.1 Å². The highest BCUT2D eigenvalue weighted by Gasteiger charge is 2.51. The fraction of sp³-hybridized carbons (Fsp3) is 0.514. The molecule has 2 atom stereocenters. The van der Waals surface area contributed by atoms with Crippen molar-refractivity contribution in [1.29, 1.82) is 5.26 Å². The van der Waals surface area contributed by atoms with Gasteiger partial charge in [0.05, 0.1) is 29.8 Å². The highest BCUT2D eigenvalue weighted by Crippen LogP contribution is 2.53. The minimum Gasteiger partial charge on any atom is -0.359 e. The van der Waals surface area contributed by atoms with Gasteiger partial charge in [0, 0.05) is 61.5 Å². The van der Waals surface area contributed by atoms with E-state index >= 15 is 0 Å². The highest BCUT2D eigenvalue weighted by atomic mass is 19.1. The largest absolute Gasteiger partial charge is 0.359 e. The summed E-state index contributed by atoms with van der Waals surface area (Å²) in [5.41, 5.74) is 4.17. The number of nitrogens with zero attached hydrogens (tertiary/aromatic N) is 7. The monoisotopic (exact) mass is 637 g/mol. The van der Waals surface area contributed by atoms with Crippen LogP contribution in [-0.2, 0) is 23.3 Å². The molecule has 0 radical (unpaired) electrons. The lowest BCUT2D eigenvalue weighted by Gasteiger charge is -2.56. The summed E-state index contributed by atoms with van der Waals surface area (Å²) in [6, 6.07) is 15.2. The Morgan fingerprint density at radius 2 is 1.91 bits per heavy atom. The maximum absolute atomic E-state index is 14.3. The van der Waals surface area contributed by atoms with Crippen LogP contribution in [0.2, 0.25) is 0 Å². The molecule has 1 spiro atoms. The van der Waals surface area contributed by atoms with Gasteiger partial charge in [0.15, 0.2) is 0 Å². The third-order valence-electron chi connectivity index (χ3n) is 11.2. The smallest absolute Gasteiger partial charge is 0.349 e. The van der Waals surface area contributed by atoms with Crippen molar-refractivity contribution in [2.75, 3.05) is 56.2 Å². The zero-order valence-electron chi connectivity index (χ0n) is 27.5. The summed E-state index contributed by atoms with van der Waals surface area (Å²) in [7, 11) is 2.15. The average Bonchev–Trinajstić information content (AvgIpc) is 3.47. The Labute approximate surface area is 275 Å². The number of likely N-dealkylation sites (N-methyl/N-ethyl adjacent to an activating group) is 1. The number of hydrogen-bond donors (Lipinski definition) is 0. The standard InChI is InChI=1S/C37H44FN7O2/c1-26-8-3-9-27-10-4-12-31(33(26)27)45-21-15-30-34(37(45)16-7-17-37)44(25-28-11-6-20-41(28)2)36(47)40-35(30)42-22-23-43(29(24-42)14-19-39)32(46)13-5-18-38/h3-5,8-10,12-13,28-29H,6-7,11,14-18,20-25H2,1-2H3/b13-5+/t28-,29-/m0/s1. The van der Waals surface area contributed by atoms with E-state index in [0.29, 0.717) is 32.0 Å². The summed E-state index contributed by atoms with van der Waals surface area (Å²) >= 11 is 0. The van der Waals surface area contributed by atoms with Gasteiger partial charge < -0.3 is 19.6 Å². The number of benzene rings is 2. The Hall–Kier alpha value is -4.23. The molecule has 7 rings (SSSR count). The first-order valence-electron chi connectivity index (χ1n) is 17.1. The lowest BCUT2D eigenvalue weighted by atomic mass is 9.68. The molecule has 3 aliphatic heterocycles. The molecule has 0 unspecified atom stereocenters. The van der Waals surface area contributed by atoms with Gasteiger partial charge in [0.1, 0.15) is 12.5 Å². The van der Waals surface area contributed by atoms with Crippen LogP contribution in [0.15, 0.2) is 53.3 Å². The second-order valence-corrected chi connectivity index (χ2v) is 13.7. The Kier molecular flexibility index (Phi) is 8.52. The molecule has 1 aliphatic carbocycles. The van der Waals surface area contributed by atoms with Crippen molar-refractivity contribution in [1.82, 2.24) is 19.4 Å². The first kappa shape index (κ1) is 31.4. The molecule has 9 nitrogen and oxygen atoms in total. The van der Waals surface area contributed by atoms with Crippen LogP contribution in [-0.4, -0.2) is 83.8 Å². The summed E-state index contributed by atoms with van der Waals surface area (Å²) in [4.78, 5) is 40.8. The van der Waals surface area contributed by atoms with Gasteiger partial charge in [-0.2, -0.15) is 10.2 Å². The summed E-state index contributed by atoms with van der Waals surface area (Å²) in [6.45, 7) is 5.19. The highest BCUT2D eigenvalue weighted by molar-refractivity contribution is 5.97. The normalized spacial score (nSPS) is 22.6. The summed E-state index contributed by atoms with van der Waals surface area (Å²) in [6.07, 6.45) is 8.55. The Bertz CT molecular complexity index is 1800. The summed E-state index contributed by atoms with van der Waals surface area (Å²) in [5.74, 6) is 0.415. The van der Waals surface area contributed by atoms with Crippen molar-refractivity contribution >= 4 is 28.2 Å². The number of carbonyl (C=O) groups is 1.